The van der Waals surface area contributed by atoms with E-state index in [1.54, 1.807) is 11.3 Å². The molecule has 0 aromatic carbocycles. The Morgan fingerprint density at radius 2 is 1.83 bits per heavy atom. The number of anilines is 1. The van der Waals surface area contributed by atoms with Gasteiger partial charge in [-0.2, -0.15) is 5.26 Å². The first-order valence-corrected chi connectivity index (χ1v) is 11.6. The Labute approximate surface area is 181 Å². The number of rotatable bonds is 6. The second-order valence-corrected chi connectivity index (χ2v) is 9.19. The van der Waals surface area contributed by atoms with Crippen molar-refractivity contribution in [3.05, 3.63) is 16.0 Å². The molecule has 1 aliphatic carbocycles. The molecule has 9 heteroatoms. The molecule has 0 radical (unpaired) electrons. The van der Waals surface area contributed by atoms with E-state index in [1.165, 1.54) is 4.88 Å². The van der Waals surface area contributed by atoms with Crippen molar-refractivity contribution in [2.45, 2.75) is 25.7 Å². The van der Waals surface area contributed by atoms with Crippen molar-refractivity contribution in [2.75, 3.05) is 70.9 Å². The molecule has 0 unspecified atom stereocenters. The largest absolute Gasteiger partial charge is 0.379 e. The second kappa shape index (κ2) is 9.88. The van der Waals surface area contributed by atoms with Gasteiger partial charge in [0.15, 0.2) is 0 Å². The Balaban J connectivity index is 1.18. The molecule has 2 amide bonds. The van der Waals surface area contributed by atoms with Gasteiger partial charge in [-0.05, 0) is 24.8 Å². The molecule has 0 spiro atoms. The van der Waals surface area contributed by atoms with Gasteiger partial charge in [0, 0.05) is 57.1 Å². The zero-order valence-electron chi connectivity index (χ0n) is 17.3. The molecule has 3 aliphatic rings. The van der Waals surface area contributed by atoms with Gasteiger partial charge >= 0.3 is 0 Å². The predicted molar refractivity (Wildman–Crippen MR) is 115 cm³/mol. The van der Waals surface area contributed by atoms with Crippen molar-refractivity contribution in [1.82, 2.24) is 14.7 Å². The highest BCUT2D eigenvalue weighted by molar-refractivity contribution is 7.16. The molecule has 30 heavy (non-hydrogen) atoms. The van der Waals surface area contributed by atoms with E-state index in [9.17, 15) is 14.9 Å². The van der Waals surface area contributed by atoms with Crippen LogP contribution in [0.3, 0.4) is 0 Å². The lowest BCUT2D eigenvalue weighted by Crippen LogP contribution is -2.52. The Hall–Kier alpha value is -1.99. The first kappa shape index (κ1) is 21.2. The van der Waals surface area contributed by atoms with Crippen LogP contribution in [0.1, 0.15) is 28.8 Å². The zero-order valence-corrected chi connectivity index (χ0v) is 18.1. The minimum absolute atomic E-state index is 0.0442. The van der Waals surface area contributed by atoms with Gasteiger partial charge in [-0.25, -0.2) is 0 Å². The number of piperazine rings is 1. The molecule has 0 saturated carbocycles. The molecule has 162 valence electrons. The number of fused-ring (bicyclic) bond motifs is 1. The fraction of sp³-hybridized carbons (Fsp3) is 0.667. The molecule has 1 aromatic rings. The van der Waals surface area contributed by atoms with Crippen molar-refractivity contribution < 1.29 is 14.3 Å². The smallest absolute Gasteiger partial charge is 0.236 e. The van der Waals surface area contributed by atoms with E-state index >= 15 is 0 Å². The molecule has 1 N–H and O–H groups in total. The van der Waals surface area contributed by atoms with Crippen LogP contribution in [0.2, 0.25) is 0 Å². The number of hydrogen-bond acceptors (Lipinski definition) is 7. The number of morpholine rings is 1. The van der Waals surface area contributed by atoms with E-state index in [-0.39, 0.29) is 11.8 Å². The number of amides is 2. The second-order valence-electron chi connectivity index (χ2n) is 8.08. The lowest BCUT2D eigenvalue weighted by Gasteiger charge is -2.36. The summed E-state index contributed by atoms with van der Waals surface area (Å²) >= 11 is 1.56. The van der Waals surface area contributed by atoms with Crippen LogP contribution >= 0.6 is 11.3 Å². The van der Waals surface area contributed by atoms with Gasteiger partial charge in [-0.1, -0.05) is 0 Å². The summed E-state index contributed by atoms with van der Waals surface area (Å²) in [6, 6.07) is 2.27. The number of nitriles is 1. The van der Waals surface area contributed by atoms with Crippen molar-refractivity contribution >= 4 is 28.2 Å². The minimum Gasteiger partial charge on any atom is -0.379 e. The summed E-state index contributed by atoms with van der Waals surface area (Å²) in [5.74, 6) is 0.140. The van der Waals surface area contributed by atoms with Gasteiger partial charge < -0.3 is 15.0 Å². The number of nitrogens with zero attached hydrogens (tertiary/aromatic N) is 4. The molecular weight excluding hydrogens is 402 g/mol. The number of hydrogen-bond donors (Lipinski definition) is 1. The summed E-state index contributed by atoms with van der Waals surface area (Å²) in [4.78, 5) is 32.5. The third-order valence-electron chi connectivity index (χ3n) is 6.13. The number of aryl methyl sites for hydroxylation is 1. The number of nitrogens with one attached hydrogen (secondary N) is 1. The molecule has 3 heterocycles. The summed E-state index contributed by atoms with van der Waals surface area (Å²) < 4.78 is 5.33. The van der Waals surface area contributed by atoms with Crippen LogP contribution in [-0.4, -0.2) is 92.1 Å². The minimum atomic E-state index is -0.0442. The van der Waals surface area contributed by atoms with Gasteiger partial charge in [0.2, 0.25) is 11.8 Å². The van der Waals surface area contributed by atoms with E-state index in [1.807, 2.05) is 4.90 Å². The fourth-order valence-corrected chi connectivity index (χ4v) is 5.59. The van der Waals surface area contributed by atoms with Crippen LogP contribution in [0.4, 0.5) is 5.00 Å². The number of thiophene rings is 1. The summed E-state index contributed by atoms with van der Waals surface area (Å²) in [7, 11) is 0. The summed E-state index contributed by atoms with van der Waals surface area (Å²) in [5, 5.41) is 13.1. The number of carbonyl (C=O) groups is 2. The van der Waals surface area contributed by atoms with Gasteiger partial charge in [-0.15, -0.1) is 11.3 Å². The van der Waals surface area contributed by atoms with E-state index in [0.29, 0.717) is 56.4 Å². The van der Waals surface area contributed by atoms with Crippen LogP contribution in [0, 0.1) is 11.3 Å². The molecule has 0 atom stereocenters. The molecule has 4 rings (SSSR count). The summed E-state index contributed by atoms with van der Waals surface area (Å²) in [6.45, 7) is 7.19. The molecule has 2 aliphatic heterocycles. The third kappa shape index (κ3) is 5.01. The average Bonchev–Trinajstić information content (AvgIpc) is 3.34. The molecule has 0 bridgehead atoms. The lowest BCUT2D eigenvalue weighted by atomic mass is 10.1. The predicted octanol–water partition coefficient (Wildman–Crippen LogP) is 0.913. The maximum atomic E-state index is 12.5. The van der Waals surface area contributed by atoms with E-state index in [4.69, 9.17) is 4.74 Å². The fourth-order valence-electron chi connectivity index (χ4n) is 4.33. The highest BCUT2D eigenvalue weighted by Gasteiger charge is 2.25. The van der Waals surface area contributed by atoms with E-state index < -0.39 is 0 Å². The lowest BCUT2D eigenvalue weighted by molar-refractivity contribution is -0.135. The maximum Gasteiger partial charge on any atom is 0.236 e. The Morgan fingerprint density at radius 3 is 2.57 bits per heavy atom. The highest BCUT2D eigenvalue weighted by Crippen LogP contribution is 2.38. The van der Waals surface area contributed by atoms with Crippen molar-refractivity contribution in [3.63, 3.8) is 0 Å². The number of carbonyl (C=O) groups excluding carboxylic acids is 2. The normalized spacial score (nSPS) is 20.0. The Morgan fingerprint density at radius 1 is 1.07 bits per heavy atom. The standard InChI is InChI=1S/C21H29N5O3S/c22-14-17-16-2-1-3-18(16)30-21(17)23-19(27)4-5-24-6-8-26(9-7-24)20(28)15-25-10-12-29-13-11-25/h1-13,15H2,(H,23,27). The van der Waals surface area contributed by atoms with Crippen molar-refractivity contribution in [2.24, 2.45) is 0 Å². The summed E-state index contributed by atoms with van der Waals surface area (Å²) in [6.07, 6.45) is 3.46. The Kier molecular flexibility index (Phi) is 7.00. The molecular formula is C21H29N5O3S. The topological polar surface area (TPSA) is 88.9 Å². The SMILES string of the molecule is N#Cc1c(NC(=O)CCN2CCN(C(=O)CN3CCOCC3)CC2)sc2c1CCC2. The van der Waals surface area contributed by atoms with Crippen LogP contribution in [0.25, 0.3) is 0 Å². The van der Waals surface area contributed by atoms with Crippen molar-refractivity contribution in [1.29, 1.82) is 5.26 Å². The van der Waals surface area contributed by atoms with Crippen LogP contribution in [0.15, 0.2) is 0 Å². The number of ether oxygens (including phenoxy) is 1. The van der Waals surface area contributed by atoms with Crippen molar-refractivity contribution in [3.8, 4) is 6.07 Å². The monoisotopic (exact) mass is 431 g/mol. The first-order chi connectivity index (χ1) is 14.6. The van der Waals surface area contributed by atoms with Crippen LogP contribution < -0.4 is 5.32 Å². The molecule has 2 saturated heterocycles. The zero-order chi connectivity index (χ0) is 20.9. The van der Waals surface area contributed by atoms with Gasteiger partial charge in [-0.3, -0.25) is 19.4 Å². The molecule has 1 aromatic heterocycles. The Bertz CT molecular complexity index is 819. The maximum absolute atomic E-state index is 12.5. The van der Waals surface area contributed by atoms with Crippen LogP contribution in [-0.2, 0) is 27.2 Å². The third-order valence-corrected chi connectivity index (χ3v) is 7.34. The molecule has 8 nitrogen and oxygen atoms in total. The average molecular weight is 432 g/mol. The molecule has 2 fully saturated rings. The van der Waals surface area contributed by atoms with Gasteiger partial charge in [0.1, 0.15) is 11.1 Å². The van der Waals surface area contributed by atoms with Crippen LogP contribution in [0.5, 0.6) is 0 Å². The quantitative estimate of drug-likeness (QED) is 0.720. The first-order valence-electron chi connectivity index (χ1n) is 10.8. The summed E-state index contributed by atoms with van der Waals surface area (Å²) in [5.41, 5.74) is 1.80. The van der Waals surface area contributed by atoms with E-state index in [2.05, 4.69) is 21.2 Å². The van der Waals surface area contributed by atoms with E-state index in [0.717, 1.165) is 51.0 Å². The van der Waals surface area contributed by atoms with Gasteiger partial charge in [0.25, 0.3) is 0 Å². The van der Waals surface area contributed by atoms with Gasteiger partial charge in [0.05, 0.1) is 25.3 Å². The highest BCUT2D eigenvalue weighted by atomic mass is 32.1.